The van der Waals surface area contributed by atoms with Gasteiger partial charge >= 0.3 is 6.18 Å². The Bertz CT molecular complexity index is 865. The van der Waals surface area contributed by atoms with Crippen molar-refractivity contribution in [3.8, 4) is 11.5 Å². The number of alkyl halides is 3. The molecule has 1 aliphatic heterocycles. The molecule has 4 nitrogen and oxygen atoms in total. The van der Waals surface area contributed by atoms with E-state index in [0.717, 1.165) is 12.1 Å². The number of amides is 1. The van der Waals surface area contributed by atoms with Crippen LogP contribution in [0.4, 0.5) is 18.9 Å². The van der Waals surface area contributed by atoms with Gasteiger partial charge in [-0.1, -0.05) is 17.7 Å². The van der Waals surface area contributed by atoms with Crippen LogP contribution in [0, 0.1) is 0 Å². The van der Waals surface area contributed by atoms with Gasteiger partial charge in [-0.15, -0.1) is 0 Å². The average molecular weight is 386 g/mol. The van der Waals surface area contributed by atoms with Crippen LogP contribution in [0.3, 0.4) is 0 Å². The van der Waals surface area contributed by atoms with Crippen LogP contribution in [0.2, 0.25) is 5.02 Å². The lowest BCUT2D eigenvalue weighted by Gasteiger charge is -2.24. The van der Waals surface area contributed by atoms with E-state index in [9.17, 15) is 18.0 Å². The Morgan fingerprint density at radius 1 is 1.08 bits per heavy atom. The summed E-state index contributed by atoms with van der Waals surface area (Å²) in [5.41, 5.74) is -1.36. The van der Waals surface area contributed by atoms with Crippen molar-refractivity contribution in [3.63, 3.8) is 0 Å². The first-order valence-electron chi connectivity index (χ1n) is 7.67. The number of hydrogen-bond acceptors (Lipinski definition) is 3. The number of hydrogen-bond donors (Lipinski definition) is 1. The monoisotopic (exact) mass is 385 g/mol. The van der Waals surface area contributed by atoms with E-state index in [0.29, 0.717) is 17.1 Å². The Kier molecular flexibility index (Phi) is 4.52. The maximum absolute atomic E-state index is 13.0. The lowest BCUT2D eigenvalue weighted by Crippen LogP contribution is -2.34. The first-order valence-corrected chi connectivity index (χ1v) is 8.05. The molecule has 0 radical (unpaired) electrons. The molecule has 0 bridgehead atoms. The molecule has 0 spiro atoms. The van der Waals surface area contributed by atoms with E-state index >= 15 is 0 Å². The molecule has 1 aliphatic rings. The maximum Gasteiger partial charge on any atom is 0.417 e. The third-order valence-electron chi connectivity index (χ3n) is 4.19. The summed E-state index contributed by atoms with van der Waals surface area (Å²) in [4.78, 5) is 12.7. The molecule has 0 unspecified atom stereocenters. The van der Waals surface area contributed by atoms with Gasteiger partial charge in [-0.05, 0) is 49.7 Å². The molecule has 2 aromatic rings. The van der Waals surface area contributed by atoms with E-state index < -0.39 is 28.1 Å². The van der Waals surface area contributed by atoms with Crippen LogP contribution in [0.25, 0.3) is 0 Å². The highest BCUT2D eigenvalue weighted by Crippen LogP contribution is 2.38. The summed E-state index contributed by atoms with van der Waals surface area (Å²) >= 11 is 5.60. The molecule has 0 saturated heterocycles. The molecule has 1 N–H and O–H groups in total. The summed E-state index contributed by atoms with van der Waals surface area (Å²) < 4.78 is 49.4. The van der Waals surface area contributed by atoms with Crippen molar-refractivity contribution >= 4 is 23.2 Å². The number of carbonyl (C=O) groups is 1. The van der Waals surface area contributed by atoms with Crippen molar-refractivity contribution in [1.29, 1.82) is 0 Å². The zero-order chi connectivity index (χ0) is 19.1. The van der Waals surface area contributed by atoms with Crippen LogP contribution in [0.5, 0.6) is 11.5 Å². The summed E-state index contributed by atoms with van der Waals surface area (Å²) in [6, 6.07) is 8.34. The van der Waals surface area contributed by atoms with Crippen LogP contribution in [0.15, 0.2) is 36.4 Å². The SMILES string of the molecule is CC(C)(C(=O)Nc1ccc(Cl)c(C(F)(F)F)c1)c1ccc2c(c1)OCO2. The fourth-order valence-electron chi connectivity index (χ4n) is 2.52. The van der Waals surface area contributed by atoms with Gasteiger partial charge < -0.3 is 14.8 Å². The molecular formula is C18H15ClF3NO3. The highest BCUT2D eigenvalue weighted by atomic mass is 35.5. The van der Waals surface area contributed by atoms with Crippen LogP contribution in [-0.4, -0.2) is 12.7 Å². The topological polar surface area (TPSA) is 47.6 Å². The molecule has 0 atom stereocenters. The lowest BCUT2D eigenvalue weighted by molar-refractivity contribution is -0.137. The van der Waals surface area contributed by atoms with Gasteiger partial charge in [0, 0.05) is 5.69 Å². The second-order valence-corrected chi connectivity index (χ2v) is 6.75. The summed E-state index contributed by atoms with van der Waals surface area (Å²) in [5, 5.41) is 2.09. The standard InChI is InChI=1S/C18H15ClF3NO3/c1-17(2,10-3-6-14-15(7-10)26-9-25-14)16(24)23-11-4-5-13(19)12(8-11)18(20,21)22/h3-8H,9H2,1-2H3,(H,23,24). The molecule has 26 heavy (non-hydrogen) atoms. The van der Waals surface area contributed by atoms with E-state index in [4.69, 9.17) is 21.1 Å². The van der Waals surface area contributed by atoms with Gasteiger partial charge in [-0.3, -0.25) is 4.79 Å². The summed E-state index contributed by atoms with van der Waals surface area (Å²) in [6.45, 7) is 3.44. The predicted molar refractivity (Wildman–Crippen MR) is 90.7 cm³/mol. The molecule has 1 amide bonds. The lowest BCUT2D eigenvalue weighted by atomic mass is 9.83. The van der Waals surface area contributed by atoms with Crippen molar-refractivity contribution in [2.24, 2.45) is 0 Å². The van der Waals surface area contributed by atoms with Crippen molar-refractivity contribution in [3.05, 3.63) is 52.5 Å². The number of anilines is 1. The highest BCUT2D eigenvalue weighted by Gasteiger charge is 2.35. The van der Waals surface area contributed by atoms with E-state index in [-0.39, 0.29) is 12.5 Å². The molecular weight excluding hydrogens is 371 g/mol. The second-order valence-electron chi connectivity index (χ2n) is 6.34. The van der Waals surface area contributed by atoms with E-state index in [1.807, 2.05) is 0 Å². The molecule has 8 heteroatoms. The van der Waals surface area contributed by atoms with Gasteiger partial charge in [-0.25, -0.2) is 0 Å². The zero-order valence-electron chi connectivity index (χ0n) is 13.9. The Morgan fingerprint density at radius 3 is 2.46 bits per heavy atom. The normalized spacial score (nSPS) is 13.6. The molecule has 138 valence electrons. The quantitative estimate of drug-likeness (QED) is 0.808. The minimum Gasteiger partial charge on any atom is -0.454 e. The second kappa shape index (κ2) is 6.39. The fraction of sp³-hybridized carbons (Fsp3) is 0.278. The van der Waals surface area contributed by atoms with E-state index in [1.54, 1.807) is 32.0 Å². The molecule has 2 aromatic carbocycles. The van der Waals surface area contributed by atoms with Crippen molar-refractivity contribution in [2.75, 3.05) is 12.1 Å². The van der Waals surface area contributed by atoms with Gasteiger partial charge in [0.15, 0.2) is 11.5 Å². The maximum atomic E-state index is 13.0. The average Bonchev–Trinajstić information content (AvgIpc) is 3.03. The number of benzene rings is 2. The number of fused-ring (bicyclic) bond motifs is 1. The fourth-order valence-corrected chi connectivity index (χ4v) is 2.75. The molecule has 0 aromatic heterocycles. The molecule has 3 rings (SSSR count). The van der Waals surface area contributed by atoms with Gasteiger partial charge in [0.25, 0.3) is 0 Å². The summed E-state index contributed by atoms with van der Waals surface area (Å²) in [5.74, 6) is 0.638. The smallest absolute Gasteiger partial charge is 0.417 e. The number of ether oxygens (including phenoxy) is 2. The summed E-state index contributed by atoms with van der Waals surface area (Å²) in [6.07, 6.45) is -4.61. The van der Waals surface area contributed by atoms with Crippen LogP contribution in [-0.2, 0) is 16.4 Å². The molecule has 0 saturated carbocycles. The highest BCUT2D eigenvalue weighted by molar-refractivity contribution is 6.31. The van der Waals surface area contributed by atoms with Crippen molar-refractivity contribution < 1.29 is 27.4 Å². The van der Waals surface area contributed by atoms with Gasteiger partial charge in [0.1, 0.15) is 0 Å². The largest absolute Gasteiger partial charge is 0.454 e. The number of nitrogens with one attached hydrogen (secondary N) is 1. The first kappa shape index (κ1) is 18.4. The van der Waals surface area contributed by atoms with Gasteiger partial charge in [0.2, 0.25) is 12.7 Å². The van der Waals surface area contributed by atoms with E-state index in [1.165, 1.54) is 6.07 Å². The van der Waals surface area contributed by atoms with Crippen LogP contribution >= 0.6 is 11.6 Å². The van der Waals surface area contributed by atoms with Crippen molar-refractivity contribution in [1.82, 2.24) is 0 Å². The minimum atomic E-state index is -4.61. The number of rotatable bonds is 3. The van der Waals surface area contributed by atoms with Crippen LogP contribution < -0.4 is 14.8 Å². The Balaban J connectivity index is 1.85. The Hall–Kier alpha value is -2.41. The third-order valence-corrected chi connectivity index (χ3v) is 4.52. The first-order chi connectivity index (χ1) is 12.1. The molecule has 1 heterocycles. The number of halogens is 4. The van der Waals surface area contributed by atoms with Crippen molar-refractivity contribution in [2.45, 2.75) is 25.4 Å². The van der Waals surface area contributed by atoms with E-state index in [2.05, 4.69) is 5.32 Å². The van der Waals surface area contributed by atoms with Gasteiger partial charge in [0.05, 0.1) is 16.0 Å². The minimum absolute atomic E-state index is 0.0144. The zero-order valence-corrected chi connectivity index (χ0v) is 14.7. The third kappa shape index (κ3) is 3.44. The molecule has 0 fully saturated rings. The predicted octanol–water partition coefficient (Wildman–Crippen LogP) is 5.00. The van der Waals surface area contributed by atoms with Gasteiger partial charge in [-0.2, -0.15) is 13.2 Å². The number of carbonyl (C=O) groups excluding carboxylic acids is 1. The molecule has 0 aliphatic carbocycles. The summed E-state index contributed by atoms with van der Waals surface area (Å²) in [7, 11) is 0. The van der Waals surface area contributed by atoms with Crippen LogP contribution in [0.1, 0.15) is 25.0 Å². The Morgan fingerprint density at radius 2 is 1.77 bits per heavy atom. The Labute approximate surface area is 152 Å².